The summed E-state index contributed by atoms with van der Waals surface area (Å²) in [5.74, 6) is -0.901. The van der Waals surface area contributed by atoms with Crippen LogP contribution in [-0.2, 0) is 0 Å². The van der Waals surface area contributed by atoms with Crippen LogP contribution in [0.3, 0.4) is 0 Å². The summed E-state index contributed by atoms with van der Waals surface area (Å²) in [6.07, 6.45) is 1.71. The topological polar surface area (TPSA) is 37.3 Å². The zero-order valence-electron chi connectivity index (χ0n) is 8.10. The summed E-state index contributed by atoms with van der Waals surface area (Å²) in [5, 5.41) is 10.7. The van der Waals surface area contributed by atoms with E-state index in [9.17, 15) is 4.79 Å². The van der Waals surface area contributed by atoms with Crippen molar-refractivity contribution < 1.29 is 9.90 Å². The molecule has 0 amide bonds. The highest BCUT2D eigenvalue weighted by Gasteiger charge is 2.07. The maximum absolute atomic E-state index is 11.0. The Morgan fingerprint density at radius 1 is 1.27 bits per heavy atom. The molecule has 0 atom stereocenters. The third-order valence-electron chi connectivity index (χ3n) is 2.37. The van der Waals surface area contributed by atoms with E-state index in [1.54, 1.807) is 18.2 Å². The average molecular weight is 198 g/mol. The zero-order chi connectivity index (χ0) is 10.8. The van der Waals surface area contributed by atoms with E-state index in [-0.39, 0.29) is 0 Å². The van der Waals surface area contributed by atoms with Gasteiger partial charge in [-0.05, 0) is 28.5 Å². The summed E-state index contributed by atoms with van der Waals surface area (Å²) >= 11 is 0. The van der Waals surface area contributed by atoms with Crippen LogP contribution in [0, 0.1) is 0 Å². The Balaban J connectivity index is 2.81. The molecule has 0 aliphatic rings. The fourth-order valence-electron chi connectivity index (χ4n) is 1.60. The lowest BCUT2D eigenvalue weighted by Gasteiger charge is -2.03. The minimum absolute atomic E-state index is 0.330. The second-order valence-electron chi connectivity index (χ2n) is 3.30. The predicted octanol–water partition coefficient (Wildman–Crippen LogP) is 3.18. The van der Waals surface area contributed by atoms with Gasteiger partial charge in [0.25, 0.3) is 0 Å². The first-order valence-electron chi connectivity index (χ1n) is 4.61. The molecule has 0 radical (unpaired) electrons. The van der Waals surface area contributed by atoms with E-state index in [0.717, 1.165) is 16.3 Å². The van der Waals surface area contributed by atoms with Gasteiger partial charge in [0.15, 0.2) is 0 Å². The first-order chi connectivity index (χ1) is 7.22. The average Bonchev–Trinajstić information content (AvgIpc) is 2.27. The molecule has 0 heterocycles. The Labute approximate surface area is 87.5 Å². The van der Waals surface area contributed by atoms with Crippen molar-refractivity contribution in [1.29, 1.82) is 0 Å². The summed E-state index contributed by atoms with van der Waals surface area (Å²) in [5.41, 5.74) is 1.26. The van der Waals surface area contributed by atoms with Gasteiger partial charge in [0.05, 0.1) is 5.56 Å². The number of carboxylic acid groups (broad SMARTS) is 1. The van der Waals surface area contributed by atoms with Crippen LogP contribution in [0.4, 0.5) is 0 Å². The Kier molecular flexibility index (Phi) is 2.26. The van der Waals surface area contributed by atoms with Gasteiger partial charge in [-0.3, -0.25) is 0 Å². The monoisotopic (exact) mass is 198 g/mol. The molecule has 0 spiro atoms. The van der Waals surface area contributed by atoms with Crippen molar-refractivity contribution in [2.75, 3.05) is 0 Å². The van der Waals surface area contributed by atoms with Gasteiger partial charge in [0, 0.05) is 0 Å². The van der Waals surface area contributed by atoms with Crippen molar-refractivity contribution in [2.45, 2.75) is 0 Å². The summed E-state index contributed by atoms with van der Waals surface area (Å²) in [6.45, 7) is 3.66. The number of carboxylic acids is 1. The Hall–Kier alpha value is -2.09. The molecular formula is C13H10O2. The molecule has 0 aliphatic carbocycles. The molecule has 2 aromatic rings. The minimum atomic E-state index is -0.901. The van der Waals surface area contributed by atoms with Gasteiger partial charge in [0.1, 0.15) is 0 Å². The molecule has 74 valence electrons. The maximum atomic E-state index is 11.0. The molecule has 0 aromatic heterocycles. The molecule has 0 saturated carbocycles. The van der Waals surface area contributed by atoms with E-state index in [0.29, 0.717) is 5.56 Å². The van der Waals surface area contributed by atoms with Crippen molar-refractivity contribution in [3.05, 3.63) is 54.1 Å². The Morgan fingerprint density at radius 3 is 2.73 bits per heavy atom. The van der Waals surface area contributed by atoms with Gasteiger partial charge in [-0.25, -0.2) is 4.79 Å². The van der Waals surface area contributed by atoms with Crippen molar-refractivity contribution >= 4 is 22.8 Å². The number of benzene rings is 2. The van der Waals surface area contributed by atoms with Gasteiger partial charge in [-0.2, -0.15) is 0 Å². The molecule has 15 heavy (non-hydrogen) atoms. The van der Waals surface area contributed by atoms with Crippen molar-refractivity contribution in [2.24, 2.45) is 0 Å². The van der Waals surface area contributed by atoms with Crippen molar-refractivity contribution in [1.82, 2.24) is 0 Å². The Morgan fingerprint density at radius 2 is 2.07 bits per heavy atom. The lowest BCUT2D eigenvalue weighted by molar-refractivity contribution is 0.0699. The van der Waals surface area contributed by atoms with Gasteiger partial charge >= 0.3 is 5.97 Å². The fraction of sp³-hybridized carbons (Fsp3) is 0. The van der Waals surface area contributed by atoms with E-state index in [1.807, 2.05) is 24.3 Å². The Bertz CT molecular complexity index is 541. The summed E-state index contributed by atoms with van der Waals surface area (Å²) < 4.78 is 0. The molecule has 2 nitrogen and oxygen atoms in total. The summed E-state index contributed by atoms with van der Waals surface area (Å²) in [6, 6.07) is 10.9. The van der Waals surface area contributed by atoms with Crippen LogP contribution < -0.4 is 0 Å². The maximum Gasteiger partial charge on any atom is 0.336 e. The molecule has 2 aromatic carbocycles. The lowest BCUT2D eigenvalue weighted by atomic mass is 10.0. The summed E-state index contributed by atoms with van der Waals surface area (Å²) in [4.78, 5) is 11.0. The van der Waals surface area contributed by atoms with Gasteiger partial charge in [-0.15, -0.1) is 0 Å². The predicted molar refractivity (Wildman–Crippen MR) is 61.0 cm³/mol. The molecule has 0 aliphatic heterocycles. The zero-order valence-corrected chi connectivity index (χ0v) is 8.10. The van der Waals surface area contributed by atoms with E-state index in [1.165, 1.54) is 0 Å². The number of hydrogen-bond acceptors (Lipinski definition) is 1. The van der Waals surface area contributed by atoms with E-state index in [4.69, 9.17) is 5.11 Å². The van der Waals surface area contributed by atoms with Crippen LogP contribution >= 0.6 is 0 Å². The molecule has 2 rings (SSSR count). The highest BCUT2D eigenvalue weighted by atomic mass is 16.4. The molecular weight excluding hydrogens is 188 g/mol. The molecule has 0 bridgehead atoms. The highest BCUT2D eigenvalue weighted by Crippen LogP contribution is 2.20. The SMILES string of the molecule is C=Cc1ccc2cccc(C(=O)O)c2c1. The number of aromatic carboxylic acids is 1. The van der Waals surface area contributed by atoms with Gasteiger partial charge < -0.3 is 5.11 Å². The van der Waals surface area contributed by atoms with Crippen LogP contribution in [0.1, 0.15) is 15.9 Å². The van der Waals surface area contributed by atoms with Crippen LogP contribution in [0.15, 0.2) is 43.0 Å². The molecule has 0 saturated heterocycles. The normalized spacial score (nSPS) is 10.1. The van der Waals surface area contributed by atoms with Crippen LogP contribution in [0.2, 0.25) is 0 Å². The standard InChI is InChI=1S/C13H10O2/c1-2-9-6-7-10-4-3-5-11(13(14)15)12(10)8-9/h2-8H,1H2,(H,14,15). The van der Waals surface area contributed by atoms with Crippen LogP contribution in [0.25, 0.3) is 16.8 Å². The van der Waals surface area contributed by atoms with E-state index in [2.05, 4.69) is 6.58 Å². The quantitative estimate of drug-likeness (QED) is 0.804. The third kappa shape index (κ3) is 1.62. The van der Waals surface area contributed by atoms with Crippen LogP contribution in [0.5, 0.6) is 0 Å². The largest absolute Gasteiger partial charge is 0.478 e. The van der Waals surface area contributed by atoms with Crippen molar-refractivity contribution in [3.8, 4) is 0 Å². The van der Waals surface area contributed by atoms with Gasteiger partial charge in [0.2, 0.25) is 0 Å². The highest BCUT2D eigenvalue weighted by molar-refractivity contribution is 6.04. The number of carbonyl (C=O) groups is 1. The number of rotatable bonds is 2. The first kappa shape index (κ1) is 9.46. The molecule has 1 N–H and O–H groups in total. The van der Waals surface area contributed by atoms with E-state index >= 15 is 0 Å². The second-order valence-corrected chi connectivity index (χ2v) is 3.30. The summed E-state index contributed by atoms with van der Waals surface area (Å²) in [7, 11) is 0. The molecule has 0 fully saturated rings. The second kappa shape index (κ2) is 3.58. The fourth-order valence-corrected chi connectivity index (χ4v) is 1.60. The van der Waals surface area contributed by atoms with E-state index < -0.39 is 5.97 Å². The number of fused-ring (bicyclic) bond motifs is 1. The smallest absolute Gasteiger partial charge is 0.336 e. The van der Waals surface area contributed by atoms with Crippen LogP contribution in [-0.4, -0.2) is 11.1 Å². The third-order valence-corrected chi connectivity index (χ3v) is 2.37. The van der Waals surface area contributed by atoms with Gasteiger partial charge in [-0.1, -0.05) is 36.9 Å². The minimum Gasteiger partial charge on any atom is -0.478 e. The van der Waals surface area contributed by atoms with Crippen molar-refractivity contribution in [3.63, 3.8) is 0 Å². The lowest BCUT2D eigenvalue weighted by Crippen LogP contribution is -1.97. The number of hydrogen-bond donors (Lipinski definition) is 1. The first-order valence-corrected chi connectivity index (χ1v) is 4.61. The molecule has 0 unspecified atom stereocenters. The molecule has 2 heteroatoms.